The topological polar surface area (TPSA) is 122 Å². The minimum atomic E-state index is -3.95. The summed E-state index contributed by atoms with van der Waals surface area (Å²) in [4.78, 5) is 16.5. The van der Waals surface area contributed by atoms with Crippen LogP contribution in [-0.2, 0) is 10.2 Å². The van der Waals surface area contributed by atoms with Gasteiger partial charge in [-0.25, -0.2) is 28.3 Å². The Morgan fingerprint density at radius 3 is 2.62 bits per heavy atom. The monoisotopic (exact) mass is 491 g/mol. The van der Waals surface area contributed by atoms with Crippen LogP contribution < -0.4 is 24.3 Å². The summed E-state index contributed by atoms with van der Waals surface area (Å²) in [6.07, 6.45) is 0.530. The van der Waals surface area contributed by atoms with E-state index in [1.54, 1.807) is 19.1 Å². The van der Waals surface area contributed by atoms with Crippen LogP contribution in [0.5, 0.6) is 17.4 Å². The molecule has 13 heteroatoms. The van der Waals surface area contributed by atoms with Crippen molar-refractivity contribution in [2.24, 2.45) is 0 Å². The molecule has 3 N–H and O–H groups in total. The molecule has 0 saturated heterocycles. The fourth-order valence-electron chi connectivity index (χ4n) is 3.18. The smallest absolute Gasteiger partial charge is 0.434 e. The van der Waals surface area contributed by atoms with Crippen LogP contribution in [0.1, 0.15) is 18.5 Å². The lowest BCUT2D eigenvalue weighted by Crippen LogP contribution is -2.43. The van der Waals surface area contributed by atoms with Crippen molar-refractivity contribution in [3.63, 3.8) is 0 Å². The average Bonchev–Trinajstić information content (AvgIpc) is 2.80. The van der Waals surface area contributed by atoms with Crippen LogP contribution >= 0.6 is 0 Å². The Morgan fingerprint density at radius 1 is 1.12 bits per heavy atom. The van der Waals surface area contributed by atoms with E-state index in [2.05, 4.69) is 10.4 Å². The van der Waals surface area contributed by atoms with E-state index in [1.165, 1.54) is 49.6 Å². The number of carbonyl (C=O) groups is 1. The Hall–Kier alpha value is -3.97. The van der Waals surface area contributed by atoms with Gasteiger partial charge in [0.2, 0.25) is 0 Å². The third-order valence-corrected chi connectivity index (χ3v) is 5.93. The number of benzene rings is 2. The summed E-state index contributed by atoms with van der Waals surface area (Å²) in [6.45, 7) is 1.68. The molecule has 1 amide bonds. The van der Waals surface area contributed by atoms with Gasteiger partial charge in [0.1, 0.15) is 11.5 Å². The highest BCUT2D eigenvalue weighted by atomic mass is 32.2. The Balaban J connectivity index is 1.56. The highest BCUT2D eigenvalue weighted by Gasteiger charge is 2.33. The number of rotatable bonds is 7. The van der Waals surface area contributed by atoms with Crippen molar-refractivity contribution in [2.75, 3.05) is 17.2 Å². The molecule has 34 heavy (non-hydrogen) atoms. The summed E-state index contributed by atoms with van der Waals surface area (Å²) < 4.78 is 66.9. The summed E-state index contributed by atoms with van der Waals surface area (Å²) >= 11 is 0. The summed E-state index contributed by atoms with van der Waals surface area (Å²) in [6, 6.07) is 10.6. The first kappa shape index (κ1) is 23.2. The molecule has 10 nitrogen and oxygen atoms in total. The van der Waals surface area contributed by atoms with Gasteiger partial charge in [0, 0.05) is 24.9 Å². The molecule has 0 saturated carbocycles. The van der Waals surface area contributed by atoms with Crippen molar-refractivity contribution >= 4 is 27.7 Å². The number of hydrazine groups is 1. The largest absolute Gasteiger partial charge is 0.436 e. The van der Waals surface area contributed by atoms with Crippen molar-refractivity contribution in [2.45, 2.75) is 13.0 Å². The van der Waals surface area contributed by atoms with Gasteiger partial charge in [-0.3, -0.25) is 10.1 Å². The SMILES string of the molecule is CNS(=O)(=O)Nc1cccc(NN2C(=O)Oc3cc(Oc4ncccc4F)ccc3[C@@H]2C)c1F. The van der Waals surface area contributed by atoms with Crippen molar-refractivity contribution in [1.29, 1.82) is 0 Å². The second-order valence-corrected chi connectivity index (χ2v) is 8.71. The fourth-order valence-corrected chi connectivity index (χ4v) is 3.72. The Labute approximate surface area is 193 Å². The molecule has 1 aromatic heterocycles. The minimum absolute atomic E-state index is 0.158. The number of ether oxygens (including phenoxy) is 2. The number of nitrogens with zero attached hydrogens (tertiary/aromatic N) is 2. The lowest BCUT2D eigenvalue weighted by Gasteiger charge is -2.34. The second-order valence-electron chi connectivity index (χ2n) is 7.09. The van der Waals surface area contributed by atoms with Crippen LogP contribution in [0.2, 0.25) is 0 Å². The van der Waals surface area contributed by atoms with Crippen LogP contribution in [-0.4, -0.2) is 31.6 Å². The van der Waals surface area contributed by atoms with Gasteiger partial charge in [-0.2, -0.15) is 8.42 Å². The van der Waals surface area contributed by atoms with Crippen LogP contribution in [0.25, 0.3) is 0 Å². The first-order valence-electron chi connectivity index (χ1n) is 9.88. The van der Waals surface area contributed by atoms with Gasteiger partial charge in [0.15, 0.2) is 11.6 Å². The maximum absolute atomic E-state index is 14.9. The van der Waals surface area contributed by atoms with Crippen molar-refractivity contribution in [3.05, 3.63) is 71.9 Å². The molecule has 178 valence electrons. The van der Waals surface area contributed by atoms with E-state index < -0.39 is 34.0 Å². The summed E-state index contributed by atoms with van der Waals surface area (Å²) in [5.41, 5.74) is 2.72. The number of carbonyl (C=O) groups excluding carboxylic acids is 1. The molecule has 2 heterocycles. The molecular weight excluding hydrogens is 472 g/mol. The molecule has 1 aliphatic rings. The second kappa shape index (κ2) is 9.11. The van der Waals surface area contributed by atoms with Crippen LogP contribution in [0, 0.1) is 11.6 Å². The van der Waals surface area contributed by atoms with Gasteiger partial charge in [0.05, 0.1) is 17.4 Å². The number of pyridine rings is 1. The Bertz CT molecular complexity index is 1360. The van der Waals surface area contributed by atoms with Gasteiger partial charge < -0.3 is 9.47 Å². The van der Waals surface area contributed by atoms with Crippen molar-refractivity contribution in [3.8, 4) is 17.4 Å². The highest BCUT2D eigenvalue weighted by Crippen LogP contribution is 2.38. The van der Waals surface area contributed by atoms with E-state index in [-0.39, 0.29) is 28.8 Å². The number of hydrogen-bond acceptors (Lipinski definition) is 7. The van der Waals surface area contributed by atoms with Gasteiger partial charge in [-0.05, 0) is 43.3 Å². The predicted octanol–water partition coefficient (Wildman–Crippen LogP) is 3.93. The highest BCUT2D eigenvalue weighted by molar-refractivity contribution is 7.90. The molecule has 0 aliphatic carbocycles. The van der Waals surface area contributed by atoms with E-state index in [4.69, 9.17) is 9.47 Å². The number of anilines is 2. The first-order valence-corrected chi connectivity index (χ1v) is 11.4. The molecule has 0 bridgehead atoms. The van der Waals surface area contributed by atoms with Gasteiger partial charge >= 0.3 is 6.09 Å². The predicted molar refractivity (Wildman–Crippen MR) is 119 cm³/mol. The zero-order valence-corrected chi connectivity index (χ0v) is 18.7. The molecule has 0 radical (unpaired) electrons. The minimum Gasteiger partial charge on any atom is -0.436 e. The summed E-state index contributed by atoms with van der Waals surface area (Å²) in [5, 5.41) is 1.05. The van der Waals surface area contributed by atoms with E-state index >= 15 is 0 Å². The third-order valence-electron chi connectivity index (χ3n) is 4.91. The molecule has 4 rings (SSSR count). The molecule has 1 atom stereocenters. The lowest BCUT2D eigenvalue weighted by molar-refractivity contribution is 0.134. The zero-order valence-electron chi connectivity index (χ0n) is 17.9. The number of hydrogen-bond donors (Lipinski definition) is 3. The first-order chi connectivity index (χ1) is 16.2. The maximum Gasteiger partial charge on any atom is 0.434 e. The zero-order chi connectivity index (χ0) is 24.5. The van der Waals surface area contributed by atoms with Gasteiger partial charge in [-0.15, -0.1) is 0 Å². The summed E-state index contributed by atoms with van der Waals surface area (Å²) in [5.74, 6) is -1.42. The molecule has 2 aromatic carbocycles. The third kappa shape index (κ3) is 4.70. The lowest BCUT2D eigenvalue weighted by atomic mass is 10.1. The van der Waals surface area contributed by atoms with Crippen molar-refractivity contribution in [1.82, 2.24) is 14.7 Å². The molecule has 0 spiro atoms. The standard InChI is InChI=1S/C21H19F2N5O5S/c1-12-14-9-8-13(32-20-15(22)5-4-10-25-20)11-18(14)33-21(29)28(12)26-16-6-3-7-17(19(16)23)27-34(30,31)24-2/h3-12,24,26-27H,1-2H3/t12-/m0/s1. The van der Waals surface area contributed by atoms with Gasteiger partial charge in [-0.1, -0.05) is 6.07 Å². The number of halogens is 2. The number of amides is 1. The molecule has 3 aromatic rings. The molecule has 0 unspecified atom stereocenters. The number of fused-ring (bicyclic) bond motifs is 1. The maximum atomic E-state index is 14.9. The molecular formula is C21H19F2N5O5S. The van der Waals surface area contributed by atoms with E-state index in [9.17, 15) is 22.0 Å². The number of nitrogens with one attached hydrogen (secondary N) is 3. The van der Waals surface area contributed by atoms with E-state index in [0.29, 0.717) is 5.56 Å². The fraction of sp³-hybridized carbons (Fsp3) is 0.143. The van der Waals surface area contributed by atoms with Crippen LogP contribution in [0.3, 0.4) is 0 Å². The summed E-state index contributed by atoms with van der Waals surface area (Å²) in [7, 11) is -2.77. The van der Waals surface area contributed by atoms with E-state index in [1.807, 2.05) is 9.44 Å². The molecule has 1 aliphatic heterocycles. The van der Waals surface area contributed by atoms with E-state index in [0.717, 1.165) is 5.01 Å². The van der Waals surface area contributed by atoms with Crippen LogP contribution in [0.15, 0.2) is 54.7 Å². The number of aromatic nitrogens is 1. The van der Waals surface area contributed by atoms with Gasteiger partial charge in [0.25, 0.3) is 16.1 Å². The normalized spacial score (nSPS) is 15.4. The quantitative estimate of drug-likeness (QED) is 0.458. The van der Waals surface area contributed by atoms with Crippen LogP contribution in [0.4, 0.5) is 25.0 Å². The average molecular weight is 491 g/mol. The molecule has 0 fully saturated rings. The Morgan fingerprint density at radius 2 is 1.88 bits per heavy atom. The Kier molecular flexibility index (Phi) is 6.22. The van der Waals surface area contributed by atoms with Crippen molar-refractivity contribution < 1.29 is 31.5 Å².